The fourth-order valence-corrected chi connectivity index (χ4v) is 6.25. The maximum Gasteiger partial charge on any atom is 0.162 e. The van der Waals surface area contributed by atoms with Crippen LogP contribution in [0.25, 0.3) is 0 Å². The van der Waals surface area contributed by atoms with Crippen molar-refractivity contribution in [3.63, 3.8) is 0 Å². The molecule has 0 amide bonds. The monoisotopic (exact) mass is 544 g/mol. The number of aromatic hydroxyl groups is 1. The van der Waals surface area contributed by atoms with Gasteiger partial charge in [0.1, 0.15) is 18.1 Å². The molecule has 0 radical (unpaired) electrons. The zero-order chi connectivity index (χ0) is 27.9. The molecule has 0 unspecified atom stereocenters. The molecule has 1 atom stereocenters. The molecule has 1 aliphatic heterocycles. The minimum atomic E-state index is 0.347. The van der Waals surface area contributed by atoms with Gasteiger partial charge in [0.2, 0.25) is 0 Å². The van der Waals surface area contributed by atoms with E-state index in [1.807, 2.05) is 6.07 Å². The van der Waals surface area contributed by atoms with Gasteiger partial charge in [-0.15, -0.1) is 0 Å². The number of aryl methyl sites for hydroxylation is 1. The molecule has 0 bridgehead atoms. The van der Waals surface area contributed by atoms with Crippen molar-refractivity contribution in [2.75, 3.05) is 51.9 Å². The minimum absolute atomic E-state index is 0.347. The highest BCUT2D eigenvalue weighted by Gasteiger charge is 2.26. The van der Waals surface area contributed by atoms with Crippen LogP contribution in [0.15, 0.2) is 54.6 Å². The lowest BCUT2D eigenvalue weighted by atomic mass is 9.79. The summed E-state index contributed by atoms with van der Waals surface area (Å²) in [7, 11) is 3.40. The van der Waals surface area contributed by atoms with E-state index in [-0.39, 0.29) is 0 Å². The third kappa shape index (κ3) is 6.67. The van der Waals surface area contributed by atoms with E-state index in [4.69, 9.17) is 14.2 Å². The van der Waals surface area contributed by atoms with E-state index in [1.54, 1.807) is 20.3 Å². The molecule has 3 aromatic rings. The molecule has 1 saturated heterocycles. The van der Waals surface area contributed by atoms with E-state index in [0.717, 1.165) is 62.8 Å². The van der Waals surface area contributed by atoms with Crippen LogP contribution in [0.1, 0.15) is 60.8 Å². The second-order valence-electron chi connectivity index (χ2n) is 11.1. The molecule has 6 nitrogen and oxygen atoms in total. The number of likely N-dealkylation sites (tertiary alicyclic amines) is 1. The first-order chi connectivity index (χ1) is 19.6. The van der Waals surface area contributed by atoms with E-state index in [0.29, 0.717) is 11.7 Å². The van der Waals surface area contributed by atoms with Gasteiger partial charge in [0.15, 0.2) is 11.5 Å². The number of benzene rings is 3. The molecular formula is C34H44N2O4. The highest BCUT2D eigenvalue weighted by atomic mass is 16.5. The van der Waals surface area contributed by atoms with Gasteiger partial charge in [-0.1, -0.05) is 24.6 Å². The van der Waals surface area contributed by atoms with Gasteiger partial charge in [0, 0.05) is 31.4 Å². The predicted molar refractivity (Wildman–Crippen MR) is 161 cm³/mol. The molecule has 0 aromatic heterocycles. The summed E-state index contributed by atoms with van der Waals surface area (Å²) >= 11 is 0. The van der Waals surface area contributed by atoms with Crippen molar-refractivity contribution in [2.24, 2.45) is 0 Å². The lowest BCUT2D eigenvalue weighted by Gasteiger charge is -2.32. The van der Waals surface area contributed by atoms with Crippen LogP contribution in [0.4, 0.5) is 5.69 Å². The van der Waals surface area contributed by atoms with Crippen molar-refractivity contribution in [2.45, 2.75) is 57.9 Å². The molecule has 5 rings (SSSR count). The summed E-state index contributed by atoms with van der Waals surface area (Å²) in [5.41, 5.74) is 6.29. The molecule has 1 fully saturated rings. The quantitative estimate of drug-likeness (QED) is 0.295. The van der Waals surface area contributed by atoms with E-state index >= 15 is 0 Å². The van der Waals surface area contributed by atoms with Gasteiger partial charge in [-0.05, 0) is 111 Å². The Bertz CT molecular complexity index is 1250. The summed E-state index contributed by atoms with van der Waals surface area (Å²) in [6, 6.07) is 18.7. The maximum absolute atomic E-state index is 9.95. The SMILES string of the molecule is CCN(Cc1ccc(OCCN2CCCCC2)cc1)c1cc(OC)c(OC)cc1[C@@H]1CCc2cc(O)ccc2C1. The Hall–Kier alpha value is -3.38. The van der Waals surface area contributed by atoms with Crippen LogP contribution in [0, 0.1) is 0 Å². The Kier molecular flexibility index (Phi) is 9.38. The molecular weight excluding hydrogens is 500 g/mol. The Balaban J connectivity index is 1.32. The van der Waals surface area contributed by atoms with Crippen LogP contribution in [0.5, 0.6) is 23.0 Å². The number of rotatable bonds is 11. The fraction of sp³-hybridized carbons (Fsp3) is 0.471. The normalized spacial score (nSPS) is 17.2. The van der Waals surface area contributed by atoms with Crippen molar-refractivity contribution >= 4 is 5.69 Å². The topological polar surface area (TPSA) is 54.4 Å². The summed E-state index contributed by atoms with van der Waals surface area (Å²) in [5.74, 6) is 3.15. The second kappa shape index (κ2) is 13.3. The first kappa shape index (κ1) is 28.2. The molecule has 0 saturated carbocycles. The average Bonchev–Trinajstić information content (AvgIpc) is 3.00. The Morgan fingerprint density at radius 3 is 2.38 bits per heavy atom. The average molecular weight is 545 g/mol. The number of methoxy groups -OCH3 is 2. The van der Waals surface area contributed by atoms with Crippen molar-refractivity contribution in [3.05, 3.63) is 76.9 Å². The van der Waals surface area contributed by atoms with E-state index in [1.165, 1.54) is 60.3 Å². The number of phenols is 1. The van der Waals surface area contributed by atoms with Gasteiger partial charge >= 0.3 is 0 Å². The second-order valence-corrected chi connectivity index (χ2v) is 11.1. The number of hydrogen-bond donors (Lipinski definition) is 1. The number of hydrogen-bond acceptors (Lipinski definition) is 6. The number of ether oxygens (including phenoxy) is 3. The lowest BCUT2D eigenvalue weighted by Crippen LogP contribution is -2.33. The van der Waals surface area contributed by atoms with Crippen LogP contribution in [-0.4, -0.2) is 57.0 Å². The van der Waals surface area contributed by atoms with Crippen molar-refractivity contribution in [3.8, 4) is 23.0 Å². The van der Waals surface area contributed by atoms with Crippen LogP contribution in [0.3, 0.4) is 0 Å². The van der Waals surface area contributed by atoms with E-state index in [9.17, 15) is 5.11 Å². The lowest BCUT2D eigenvalue weighted by molar-refractivity contribution is 0.183. The number of fused-ring (bicyclic) bond motifs is 1. The fourth-order valence-electron chi connectivity index (χ4n) is 6.25. The first-order valence-corrected chi connectivity index (χ1v) is 14.8. The summed E-state index contributed by atoms with van der Waals surface area (Å²) in [6.07, 6.45) is 6.90. The van der Waals surface area contributed by atoms with E-state index < -0.39 is 0 Å². The summed E-state index contributed by atoms with van der Waals surface area (Å²) in [6.45, 7) is 8.00. The molecule has 1 heterocycles. The third-order valence-corrected chi connectivity index (χ3v) is 8.54. The Morgan fingerprint density at radius 2 is 1.65 bits per heavy atom. The number of piperidine rings is 1. The van der Waals surface area contributed by atoms with E-state index in [2.05, 4.69) is 59.2 Å². The molecule has 40 heavy (non-hydrogen) atoms. The van der Waals surface area contributed by atoms with Gasteiger partial charge < -0.3 is 24.2 Å². The molecule has 0 spiro atoms. The van der Waals surface area contributed by atoms with Crippen LogP contribution < -0.4 is 19.1 Å². The summed E-state index contributed by atoms with van der Waals surface area (Å²) < 4.78 is 17.5. The Labute approximate surface area is 239 Å². The van der Waals surface area contributed by atoms with Crippen molar-refractivity contribution in [1.82, 2.24) is 4.90 Å². The standard InChI is InChI=1S/C34H44N2O4/c1-4-36(24-25-8-14-30(15-9-25)40-19-18-35-16-6-5-7-17-35)32-23-34(39-3)33(38-2)22-31(32)28-11-10-27-21-29(37)13-12-26(27)20-28/h8-9,12-15,21-23,28,37H,4-7,10-11,16-20,24H2,1-3H3/t28-/m1/s1. The molecule has 1 N–H and O–H groups in total. The summed E-state index contributed by atoms with van der Waals surface area (Å²) in [5, 5.41) is 9.95. The maximum atomic E-state index is 9.95. The molecule has 3 aromatic carbocycles. The number of anilines is 1. The largest absolute Gasteiger partial charge is 0.508 e. The Morgan fingerprint density at radius 1 is 0.900 bits per heavy atom. The zero-order valence-corrected chi connectivity index (χ0v) is 24.3. The van der Waals surface area contributed by atoms with Crippen LogP contribution in [-0.2, 0) is 19.4 Å². The third-order valence-electron chi connectivity index (χ3n) is 8.54. The number of nitrogens with zero attached hydrogens (tertiary/aromatic N) is 2. The molecule has 6 heteroatoms. The molecule has 1 aliphatic carbocycles. The van der Waals surface area contributed by atoms with Gasteiger partial charge in [-0.3, -0.25) is 4.90 Å². The first-order valence-electron chi connectivity index (χ1n) is 14.8. The van der Waals surface area contributed by atoms with Crippen LogP contribution >= 0.6 is 0 Å². The number of phenolic OH excluding ortho intramolecular Hbond substituents is 1. The van der Waals surface area contributed by atoms with Gasteiger partial charge in [-0.2, -0.15) is 0 Å². The van der Waals surface area contributed by atoms with Crippen molar-refractivity contribution < 1.29 is 19.3 Å². The smallest absolute Gasteiger partial charge is 0.162 e. The van der Waals surface area contributed by atoms with Gasteiger partial charge in [-0.25, -0.2) is 0 Å². The van der Waals surface area contributed by atoms with Crippen molar-refractivity contribution in [1.29, 1.82) is 0 Å². The summed E-state index contributed by atoms with van der Waals surface area (Å²) in [4.78, 5) is 4.93. The predicted octanol–water partition coefficient (Wildman–Crippen LogP) is 6.57. The van der Waals surface area contributed by atoms with Crippen LogP contribution in [0.2, 0.25) is 0 Å². The van der Waals surface area contributed by atoms with Gasteiger partial charge in [0.25, 0.3) is 0 Å². The molecule has 214 valence electrons. The van der Waals surface area contributed by atoms with Gasteiger partial charge in [0.05, 0.1) is 14.2 Å². The minimum Gasteiger partial charge on any atom is -0.508 e. The highest BCUT2D eigenvalue weighted by Crippen LogP contribution is 2.43. The zero-order valence-electron chi connectivity index (χ0n) is 24.3. The molecule has 2 aliphatic rings. The highest BCUT2D eigenvalue weighted by molar-refractivity contribution is 5.64.